The van der Waals surface area contributed by atoms with Crippen molar-refractivity contribution in [2.45, 2.75) is 9.79 Å². The number of nitrogens with zero attached hydrogens (tertiary/aromatic N) is 10. The van der Waals surface area contributed by atoms with Gasteiger partial charge in [-0.2, -0.15) is 37.3 Å². The van der Waals surface area contributed by atoms with Crippen molar-refractivity contribution < 1.29 is 50.7 Å². The van der Waals surface area contributed by atoms with Gasteiger partial charge in [0.25, 0.3) is 20.2 Å². The first-order valence-corrected chi connectivity index (χ1v) is 22.8. The van der Waals surface area contributed by atoms with E-state index in [9.17, 15) is 41.3 Å². The quantitative estimate of drug-likeness (QED) is 0.0289. The third kappa shape index (κ3) is 12.5. The molecule has 0 aliphatic carbocycles. The standard InChI is InChI=1S/C42H39N11O11S2.K.Na/c43-39-38-25(21-36(65(57,58)59)40(39)50-46-28-5-1-26(2-6-28)44-48-32-11-9-30(23-34(32)54)52-13-17-63-18-14-52)22-37(66(60,61)62)41(42(38)56)51-47-29-7-3-27(4-8-29)45-49-33-12-10-31(24-35(33)55)53-15-19-64-20-16-53;;/h1-12,21-24,54-56H,13-20,43H2,(H,57,58,59)(H,60,61,62);;. The van der Waals surface area contributed by atoms with Gasteiger partial charge in [0.2, 0.25) is 0 Å². The van der Waals surface area contributed by atoms with Crippen molar-refractivity contribution in [2.24, 2.45) is 40.9 Å². The fourth-order valence-electron chi connectivity index (χ4n) is 6.94. The van der Waals surface area contributed by atoms with E-state index in [2.05, 4.69) is 50.7 Å². The minimum Gasteiger partial charge on any atom is -0.506 e. The number of azo groups is 4. The van der Waals surface area contributed by atoms with Crippen LogP contribution in [0.5, 0.6) is 17.2 Å². The van der Waals surface area contributed by atoms with Crippen LogP contribution in [0.15, 0.2) is 148 Å². The number of aromatic hydroxyl groups is 3. The monoisotopic (exact) mass is 999 g/mol. The van der Waals surface area contributed by atoms with Crippen molar-refractivity contribution >= 4 is 175 Å². The Hall–Kier alpha value is -4.84. The summed E-state index contributed by atoms with van der Waals surface area (Å²) in [6.45, 7) is 5.12. The largest absolute Gasteiger partial charge is 0.506 e. The van der Waals surface area contributed by atoms with Crippen LogP contribution < -0.4 is 15.5 Å². The van der Waals surface area contributed by atoms with Crippen molar-refractivity contribution in [1.29, 1.82) is 0 Å². The second-order valence-corrected chi connectivity index (χ2v) is 17.4. The predicted octanol–water partition coefficient (Wildman–Crippen LogP) is 8.61. The van der Waals surface area contributed by atoms with E-state index in [1.807, 2.05) is 12.1 Å². The van der Waals surface area contributed by atoms with Crippen LogP contribution in [-0.2, 0) is 29.7 Å². The van der Waals surface area contributed by atoms with Gasteiger partial charge in [-0.3, -0.25) is 9.11 Å². The Morgan fingerprint density at radius 1 is 0.500 bits per heavy atom. The molecule has 0 unspecified atom stereocenters. The van der Waals surface area contributed by atoms with Gasteiger partial charge < -0.3 is 40.3 Å². The SMILES string of the molecule is Nc1c(N=Nc2ccc(N=Nc3ccc(N4CCOCC4)cc3O)cc2)c(S(=O)(=O)O)cc2cc(S(=O)(=O)O)c(N=Nc3ccc(N=Nc4ccc(N5CCOCC5)cc4O)cc3)c(O)c12.[K].[Na]. The van der Waals surface area contributed by atoms with Crippen LogP contribution in [0.2, 0.25) is 0 Å². The molecule has 6 aromatic carbocycles. The topological polar surface area (TPSA) is 319 Å². The summed E-state index contributed by atoms with van der Waals surface area (Å²) in [5, 5.41) is 64.3. The summed E-state index contributed by atoms with van der Waals surface area (Å²) in [5.74, 6) is -1.07. The first kappa shape index (κ1) is 52.5. The number of benzene rings is 6. The molecule has 6 aromatic rings. The van der Waals surface area contributed by atoms with Crippen molar-refractivity contribution in [1.82, 2.24) is 0 Å². The average molecular weight is 1000 g/mol. The average Bonchev–Trinajstić information content (AvgIpc) is 3.30. The van der Waals surface area contributed by atoms with Crippen molar-refractivity contribution in [2.75, 3.05) is 68.1 Å². The molecule has 0 spiro atoms. The van der Waals surface area contributed by atoms with E-state index in [0.29, 0.717) is 64.0 Å². The molecule has 0 bridgehead atoms. The van der Waals surface area contributed by atoms with Crippen LogP contribution in [-0.4, -0.2) is 175 Å². The van der Waals surface area contributed by atoms with Gasteiger partial charge in [0, 0.05) is 131 Å². The third-order valence-electron chi connectivity index (χ3n) is 10.3. The Morgan fingerprint density at radius 3 is 1.22 bits per heavy atom. The minimum atomic E-state index is -5.15. The van der Waals surface area contributed by atoms with Gasteiger partial charge in [0.05, 0.1) is 60.3 Å². The molecule has 0 atom stereocenters. The number of morpholine rings is 2. The molecule has 2 radical (unpaired) electrons. The smallest absolute Gasteiger partial charge is 0.296 e. The molecular weight excluding hydrogens is 961 g/mol. The number of ether oxygens (including phenoxy) is 2. The van der Waals surface area contributed by atoms with E-state index < -0.39 is 52.8 Å². The summed E-state index contributed by atoms with van der Waals surface area (Å²) in [6.07, 6.45) is 0. The van der Waals surface area contributed by atoms with Gasteiger partial charge in [0.15, 0.2) is 5.75 Å². The van der Waals surface area contributed by atoms with Crippen molar-refractivity contribution in [3.05, 3.63) is 97.1 Å². The van der Waals surface area contributed by atoms with Crippen LogP contribution in [0, 0.1) is 0 Å². The summed E-state index contributed by atoms with van der Waals surface area (Å²) >= 11 is 0. The Bertz CT molecular complexity index is 2970. The molecule has 0 amide bonds. The van der Waals surface area contributed by atoms with E-state index in [1.54, 1.807) is 24.3 Å². The summed E-state index contributed by atoms with van der Waals surface area (Å²) in [7, 11) is -10.3. The number of anilines is 3. The maximum atomic E-state index is 12.6. The molecule has 0 aromatic heterocycles. The summed E-state index contributed by atoms with van der Waals surface area (Å²) in [5.41, 5.74) is 7.55. The van der Waals surface area contributed by atoms with Crippen LogP contribution >= 0.6 is 0 Å². The fraction of sp³-hybridized carbons (Fsp3) is 0.190. The molecule has 2 heterocycles. The van der Waals surface area contributed by atoms with E-state index >= 15 is 0 Å². The van der Waals surface area contributed by atoms with Gasteiger partial charge in [0.1, 0.15) is 44.0 Å². The van der Waals surface area contributed by atoms with Crippen LogP contribution in [0.1, 0.15) is 0 Å². The summed E-state index contributed by atoms with van der Waals surface area (Å²) in [4.78, 5) is 2.30. The second kappa shape index (κ2) is 22.7. The van der Waals surface area contributed by atoms with E-state index in [1.165, 1.54) is 48.5 Å². The van der Waals surface area contributed by atoms with E-state index in [-0.39, 0.29) is 126 Å². The van der Waals surface area contributed by atoms with Gasteiger partial charge >= 0.3 is 0 Å². The van der Waals surface area contributed by atoms with Gasteiger partial charge in [-0.15, -0.1) is 20.5 Å². The molecule has 2 fully saturated rings. The molecule has 7 N–H and O–H groups in total. The maximum Gasteiger partial charge on any atom is 0.296 e. The number of nitrogen functional groups attached to an aromatic ring is 1. The second-order valence-electron chi connectivity index (χ2n) is 14.6. The van der Waals surface area contributed by atoms with Gasteiger partial charge in [-0.05, 0) is 90.3 Å². The third-order valence-corrected chi connectivity index (χ3v) is 12.1. The van der Waals surface area contributed by atoms with Crippen LogP contribution in [0.4, 0.5) is 62.6 Å². The Balaban J connectivity index is 0.00000381. The Labute approximate surface area is 453 Å². The number of phenols is 3. The van der Waals surface area contributed by atoms with Crippen LogP contribution in [0.25, 0.3) is 10.8 Å². The number of fused-ring (bicyclic) bond motifs is 1. The molecule has 26 heteroatoms. The number of hydrogen-bond donors (Lipinski definition) is 6. The molecule has 8 rings (SSSR count). The molecule has 2 aliphatic heterocycles. The molecule has 22 nitrogen and oxygen atoms in total. The summed E-state index contributed by atoms with van der Waals surface area (Å²) in [6, 6.07) is 23.5. The Kier molecular flexibility index (Phi) is 17.5. The number of nitrogens with two attached hydrogens (primary N) is 1. The fourth-order valence-corrected chi connectivity index (χ4v) is 8.27. The van der Waals surface area contributed by atoms with Gasteiger partial charge in [-0.1, -0.05) is 0 Å². The number of hydrogen-bond acceptors (Lipinski definition) is 20. The van der Waals surface area contributed by atoms with E-state index in [0.717, 1.165) is 23.5 Å². The molecule has 68 heavy (non-hydrogen) atoms. The number of rotatable bonds is 12. The zero-order valence-electron chi connectivity index (χ0n) is 36.4. The maximum absolute atomic E-state index is 12.6. The molecule has 2 saturated heterocycles. The molecule has 2 aliphatic rings. The first-order chi connectivity index (χ1) is 31.6. The minimum absolute atomic E-state index is 0. The van der Waals surface area contributed by atoms with Crippen LogP contribution in [0.3, 0.4) is 0 Å². The van der Waals surface area contributed by atoms with Gasteiger partial charge in [-0.25, -0.2) is 0 Å². The normalized spacial score (nSPS) is 14.9. The molecular formula is C42H39KN11NaO11S2. The van der Waals surface area contributed by atoms with Crippen molar-refractivity contribution in [3.8, 4) is 17.2 Å². The molecule has 0 saturated carbocycles. The zero-order chi connectivity index (χ0) is 46.6. The first-order valence-electron chi connectivity index (χ1n) is 19.9. The zero-order valence-corrected chi connectivity index (χ0v) is 43.2. The predicted molar refractivity (Wildman–Crippen MR) is 253 cm³/mol. The molecule has 342 valence electrons. The van der Waals surface area contributed by atoms with Crippen molar-refractivity contribution in [3.63, 3.8) is 0 Å². The Morgan fingerprint density at radius 2 is 0.853 bits per heavy atom. The van der Waals surface area contributed by atoms with E-state index in [4.69, 9.17) is 15.2 Å². The summed E-state index contributed by atoms with van der Waals surface area (Å²) < 4.78 is 81.3. The number of phenolic OH excluding ortho intramolecular Hbond substituents is 3.